The number of halogens is 1. The molecule has 0 radical (unpaired) electrons. The standard InChI is InChI=1S/C11H11FO4/c12-8-5-4-7(2-1-3-10(13)14)9(6-8)11(15)16/h4-6H,1-3H2,(H,13,14)(H,15,16). The largest absolute Gasteiger partial charge is 0.481 e. The molecule has 0 amide bonds. The summed E-state index contributed by atoms with van der Waals surface area (Å²) in [5.74, 6) is -2.75. The first-order valence-electron chi connectivity index (χ1n) is 4.74. The number of rotatable bonds is 5. The maximum atomic E-state index is 12.8. The third-order valence-electron chi connectivity index (χ3n) is 2.14. The van der Waals surface area contributed by atoms with Gasteiger partial charge in [-0.15, -0.1) is 0 Å². The lowest BCUT2D eigenvalue weighted by atomic mass is 10.0. The van der Waals surface area contributed by atoms with Crippen LogP contribution in [0.3, 0.4) is 0 Å². The lowest BCUT2D eigenvalue weighted by Crippen LogP contribution is -2.04. The number of aryl methyl sites for hydroxylation is 1. The Balaban J connectivity index is 2.78. The zero-order valence-corrected chi connectivity index (χ0v) is 8.44. The molecule has 0 spiro atoms. The molecule has 1 rings (SSSR count). The van der Waals surface area contributed by atoms with Crippen LogP contribution in [-0.4, -0.2) is 22.2 Å². The van der Waals surface area contributed by atoms with Crippen molar-refractivity contribution in [2.75, 3.05) is 0 Å². The molecule has 0 aliphatic rings. The zero-order chi connectivity index (χ0) is 12.1. The Kier molecular flexibility index (Phi) is 3.99. The van der Waals surface area contributed by atoms with Crippen LogP contribution in [-0.2, 0) is 11.2 Å². The van der Waals surface area contributed by atoms with Crippen molar-refractivity contribution in [3.8, 4) is 0 Å². The van der Waals surface area contributed by atoms with Crippen molar-refractivity contribution >= 4 is 11.9 Å². The Morgan fingerprint density at radius 1 is 1.25 bits per heavy atom. The predicted octanol–water partition coefficient (Wildman–Crippen LogP) is 1.93. The molecular formula is C11H11FO4. The van der Waals surface area contributed by atoms with E-state index in [0.29, 0.717) is 18.4 Å². The van der Waals surface area contributed by atoms with Crippen LogP contribution in [0.1, 0.15) is 28.8 Å². The lowest BCUT2D eigenvalue weighted by Gasteiger charge is -2.05. The van der Waals surface area contributed by atoms with Crippen molar-refractivity contribution in [2.24, 2.45) is 0 Å². The Bertz CT molecular complexity index is 414. The van der Waals surface area contributed by atoms with Crippen LogP contribution in [0.15, 0.2) is 18.2 Å². The molecule has 0 unspecified atom stereocenters. The van der Waals surface area contributed by atoms with Crippen molar-refractivity contribution in [2.45, 2.75) is 19.3 Å². The second-order valence-corrected chi connectivity index (χ2v) is 3.35. The maximum Gasteiger partial charge on any atom is 0.336 e. The SMILES string of the molecule is O=C(O)CCCc1ccc(F)cc1C(=O)O. The highest BCUT2D eigenvalue weighted by Crippen LogP contribution is 2.14. The summed E-state index contributed by atoms with van der Waals surface area (Å²) < 4.78 is 12.8. The van der Waals surface area contributed by atoms with Gasteiger partial charge < -0.3 is 10.2 Å². The van der Waals surface area contributed by atoms with E-state index < -0.39 is 17.8 Å². The van der Waals surface area contributed by atoms with Gasteiger partial charge in [0.25, 0.3) is 0 Å². The van der Waals surface area contributed by atoms with Gasteiger partial charge in [0.2, 0.25) is 0 Å². The highest BCUT2D eigenvalue weighted by molar-refractivity contribution is 5.89. The molecule has 0 bridgehead atoms. The number of hydrogen-bond acceptors (Lipinski definition) is 2. The zero-order valence-electron chi connectivity index (χ0n) is 8.44. The Labute approximate surface area is 91.3 Å². The molecule has 5 heteroatoms. The minimum atomic E-state index is -1.20. The molecule has 4 nitrogen and oxygen atoms in total. The van der Waals surface area contributed by atoms with Gasteiger partial charge in [-0.25, -0.2) is 9.18 Å². The molecule has 0 fully saturated rings. The summed E-state index contributed by atoms with van der Waals surface area (Å²) in [6.45, 7) is 0. The fraction of sp³-hybridized carbons (Fsp3) is 0.273. The fourth-order valence-corrected chi connectivity index (χ4v) is 1.40. The van der Waals surface area contributed by atoms with E-state index in [4.69, 9.17) is 10.2 Å². The lowest BCUT2D eigenvalue weighted by molar-refractivity contribution is -0.137. The third kappa shape index (κ3) is 3.34. The van der Waals surface area contributed by atoms with Crippen molar-refractivity contribution < 1.29 is 24.2 Å². The van der Waals surface area contributed by atoms with Gasteiger partial charge in [0.05, 0.1) is 5.56 Å². The van der Waals surface area contributed by atoms with E-state index in [-0.39, 0.29) is 12.0 Å². The number of aliphatic carboxylic acids is 1. The Hall–Kier alpha value is -1.91. The second-order valence-electron chi connectivity index (χ2n) is 3.35. The van der Waals surface area contributed by atoms with Gasteiger partial charge in [0.15, 0.2) is 0 Å². The summed E-state index contributed by atoms with van der Waals surface area (Å²) in [5, 5.41) is 17.3. The predicted molar refractivity (Wildman–Crippen MR) is 53.9 cm³/mol. The number of benzene rings is 1. The van der Waals surface area contributed by atoms with E-state index >= 15 is 0 Å². The van der Waals surface area contributed by atoms with Crippen molar-refractivity contribution in [3.63, 3.8) is 0 Å². The van der Waals surface area contributed by atoms with Crippen molar-refractivity contribution in [1.82, 2.24) is 0 Å². The first kappa shape index (κ1) is 12.2. The van der Waals surface area contributed by atoms with Crippen LogP contribution >= 0.6 is 0 Å². The second kappa shape index (κ2) is 5.25. The van der Waals surface area contributed by atoms with Crippen LogP contribution in [0, 0.1) is 5.82 Å². The molecule has 0 heterocycles. The van der Waals surface area contributed by atoms with E-state index in [1.54, 1.807) is 0 Å². The number of carboxylic acids is 2. The maximum absolute atomic E-state index is 12.8. The van der Waals surface area contributed by atoms with Crippen LogP contribution in [0.2, 0.25) is 0 Å². The van der Waals surface area contributed by atoms with Crippen molar-refractivity contribution in [1.29, 1.82) is 0 Å². The number of carbonyl (C=O) groups is 2. The number of hydrogen-bond donors (Lipinski definition) is 2. The fourth-order valence-electron chi connectivity index (χ4n) is 1.40. The van der Waals surface area contributed by atoms with Crippen LogP contribution < -0.4 is 0 Å². The van der Waals surface area contributed by atoms with Gasteiger partial charge in [0, 0.05) is 6.42 Å². The van der Waals surface area contributed by atoms with Gasteiger partial charge >= 0.3 is 11.9 Å². The molecule has 2 N–H and O–H groups in total. The number of carboxylic acid groups (broad SMARTS) is 2. The molecule has 0 aromatic heterocycles. The summed E-state index contributed by atoms with van der Waals surface area (Å²) in [7, 11) is 0. The topological polar surface area (TPSA) is 74.6 Å². The molecule has 1 aromatic carbocycles. The molecule has 0 aliphatic heterocycles. The Morgan fingerprint density at radius 2 is 1.94 bits per heavy atom. The molecule has 0 saturated carbocycles. The van der Waals surface area contributed by atoms with Gasteiger partial charge in [-0.05, 0) is 30.5 Å². The third-order valence-corrected chi connectivity index (χ3v) is 2.14. The number of aromatic carboxylic acids is 1. The summed E-state index contributed by atoms with van der Waals surface area (Å²) in [4.78, 5) is 21.1. The molecule has 0 atom stereocenters. The van der Waals surface area contributed by atoms with Gasteiger partial charge in [-0.1, -0.05) is 6.07 Å². The summed E-state index contributed by atoms with van der Waals surface area (Å²) in [5.41, 5.74) is 0.348. The van der Waals surface area contributed by atoms with Crippen molar-refractivity contribution in [3.05, 3.63) is 35.1 Å². The van der Waals surface area contributed by atoms with E-state index in [0.717, 1.165) is 6.07 Å². The molecule has 86 valence electrons. The van der Waals surface area contributed by atoms with E-state index in [1.807, 2.05) is 0 Å². The molecule has 0 saturated heterocycles. The minimum Gasteiger partial charge on any atom is -0.481 e. The molecule has 16 heavy (non-hydrogen) atoms. The van der Waals surface area contributed by atoms with E-state index in [9.17, 15) is 14.0 Å². The van der Waals surface area contributed by atoms with Crippen LogP contribution in [0.4, 0.5) is 4.39 Å². The average Bonchev–Trinajstić information content (AvgIpc) is 2.19. The van der Waals surface area contributed by atoms with Crippen LogP contribution in [0.25, 0.3) is 0 Å². The Morgan fingerprint density at radius 3 is 2.50 bits per heavy atom. The average molecular weight is 226 g/mol. The highest BCUT2D eigenvalue weighted by Gasteiger charge is 2.11. The van der Waals surface area contributed by atoms with Crippen LogP contribution in [0.5, 0.6) is 0 Å². The normalized spacial score (nSPS) is 10.1. The molecule has 1 aromatic rings. The smallest absolute Gasteiger partial charge is 0.336 e. The molecule has 0 aliphatic carbocycles. The van der Waals surface area contributed by atoms with Gasteiger partial charge in [-0.3, -0.25) is 4.79 Å². The molecular weight excluding hydrogens is 215 g/mol. The minimum absolute atomic E-state index is 0.0313. The first-order chi connectivity index (χ1) is 7.50. The van der Waals surface area contributed by atoms with E-state index in [1.165, 1.54) is 12.1 Å². The van der Waals surface area contributed by atoms with E-state index in [2.05, 4.69) is 0 Å². The summed E-state index contributed by atoms with van der Waals surface area (Å²) >= 11 is 0. The highest BCUT2D eigenvalue weighted by atomic mass is 19.1. The van der Waals surface area contributed by atoms with Gasteiger partial charge in [-0.2, -0.15) is 0 Å². The monoisotopic (exact) mass is 226 g/mol. The quantitative estimate of drug-likeness (QED) is 0.804. The first-order valence-corrected chi connectivity index (χ1v) is 4.74. The summed E-state index contributed by atoms with van der Waals surface area (Å²) in [6, 6.07) is 3.49. The van der Waals surface area contributed by atoms with Gasteiger partial charge in [0.1, 0.15) is 5.82 Å². The summed E-state index contributed by atoms with van der Waals surface area (Å²) in [6.07, 6.45) is 0.617.